The Balaban J connectivity index is 1.45. The van der Waals surface area contributed by atoms with Crippen molar-refractivity contribution in [2.75, 3.05) is 19.8 Å². The normalized spacial score (nSPS) is 16.1. The summed E-state index contributed by atoms with van der Waals surface area (Å²) in [5.74, 6) is 2.47. The number of hydrogen-bond acceptors (Lipinski definition) is 6. The molecule has 1 atom stereocenters. The third-order valence-corrected chi connectivity index (χ3v) is 5.02. The quantitative estimate of drug-likeness (QED) is 0.561. The maximum atomic E-state index is 12.6. The van der Waals surface area contributed by atoms with E-state index in [-0.39, 0.29) is 11.8 Å². The van der Waals surface area contributed by atoms with Crippen LogP contribution in [0.15, 0.2) is 53.1 Å². The van der Waals surface area contributed by atoms with Crippen molar-refractivity contribution >= 4 is 5.91 Å². The molecule has 1 fully saturated rings. The molecule has 2 aromatic carbocycles. The topological polar surface area (TPSA) is 77.7 Å². The fraction of sp³-hybridized carbons (Fsp3) is 0.348. The zero-order chi connectivity index (χ0) is 20.9. The van der Waals surface area contributed by atoms with Crippen LogP contribution in [0.5, 0.6) is 11.5 Å². The summed E-state index contributed by atoms with van der Waals surface area (Å²) in [6.45, 7) is 6.06. The van der Waals surface area contributed by atoms with Gasteiger partial charge in [-0.25, -0.2) is 0 Å². The number of benzene rings is 2. The Morgan fingerprint density at radius 2 is 1.83 bits per heavy atom. The molecule has 0 saturated carbocycles. The second kappa shape index (κ2) is 8.98. The highest BCUT2D eigenvalue weighted by atomic mass is 16.5. The molecule has 4 rings (SSSR count). The molecule has 1 amide bonds. The summed E-state index contributed by atoms with van der Waals surface area (Å²) in [6.07, 6.45) is 0.378. The standard InChI is InChI=1S/C23H25N3O4/c1-3-28-19-11-10-16(12-20(19)29-4-2)14-26-15-18(13-21(26)27)22-24-23(30-25-22)17-8-6-5-7-9-17/h5-12,18H,3-4,13-15H2,1-2H3. The molecular formula is C23H25N3O4. The smallest absolute Gasteiger partial charge is 0.257 e. The van der Waals surface area contributed by atoms with Gasteiger partial charge < -0.3 is 18.9 Å². The third kappa shape index (κ3) is 4.30. The van der Waals surface area contributed by atoms with E-state index in [1.54, 1.807) is 0 Å². The van der Waals surface area contributed by atoms with Crippen molar-refractivity contribution in [2.45, 2.75) is 32.7 Å². The fourth-order valence-electron chi connectivity index (χ4n) is 3.61. The molecule has 0 aliphatic carbocycles. The van der Waals surface area contributed by atoms with Crippen LogP contribution in [0.3, 0.4) is 0 Å². The maximum Gasteiger partial charge on any atom is 0.257 e. The Bertz CT molecular complexity index is 1000. The fourth-order valence-corrected chi connectivity index (χ4v) is 3.61. The molecule has 30 heavy (non-hydrogen) atoms. The van der Waals surface area contributed by atoms with Crippen molar-refractivity contribution in [3.8, 4) is 23.0 Å². The molecule has 0 N–H and O–H groups in total. The molecule has 7 heteroatoms. The van der Waals surface area contributed by atoms with Crippen LogP contribution in [0.2, 0.25) is 0 Å². The first kappa shape index (κ1) is 19.9. The number of carbonyl (C=O) groups is 1. The van der Waals surface area contributed by atoms with E-state index in [9.17, 15) is 4.79 Å². The molecule has 1 aromatic heterocycles. The second-order valence-electron chi connectivity index (χ2n) is 7.15. The molecule has 0 bridgehead atoms. The van der Waals surface area contributed by atoms with Crippen molar-refractivity contribution in [1.29, 1.82) is 0 Å². The summed E-state index contributed by atoms with van der Waals surface area (Å²) in [7, 11) is 0. The van der Waals surface area contributed by atoms with E-state index in [2.05, 4.69) is 10.1 Å². The van der Waals surface area contributed by atoms with Crippen LogP contribution in [0.1, 0.15) is 37.6 Å². The largest absolute Gasteiger partial charge is 0.490 e. The summed E-state index contributed by atoms with van der Waals surface area (Å²) >= 11 is 0. The van der Waals surface area contributed by atoms with Gasteiger partial charge >= 0.3 is 0 Å². The van der Waals surface area contributed by atoms with Gasteiger partial charge in [0.05, 0.1) is 13.2 Å². The number of aromatic nitrogens is 2. The zero-order valence-corrected chi connectivity index (χ0v) is 17.2. The van der Waals surface area contributed by atoms with E-state index in [0.717, 1.165) is 11.1 Å². The molecule has 0 spiro atoms. The van der Waals surface area contributed by atoms with Crippen molar-refractivity contribution in [3.63, 3.8) is 0 Å². The minimum atomic E-state index is -0.0761. The van der Waals surface area contributed by atoms with E-state index in [0.29, 0.717) is 55.9 Å². The molecule has 3 aromatic rings. The van der Waals surface area contributed by atoms with E-state index in [4.69, 9.17) is 14.0 Å². The molecule has 1 unspecified atom stereocenters. The summed E-state index contributed by atoms with van der Waals surface area (Å²) in [4.78, 5) is 18.9. The maximum absolute atomic E-state index is 12.6. The van der Waals surface area contributed by atoms with Gasteiger partial charge in [-0.3, -0.25) is 4.79 Å². The number of ether oxygens (including phenoxy) is 2. The first-order valence-electron chi connectivity index (χ1n) is 10.2. The molecule has 0 radical (unpaired) electrons. The number of amides is 1. The highest BCUT2D eigenvalue weighted by molar-refractivity contribution is 5.79. The molecule has 1 saturated heterocycles. The minimum Gasteiger partial charge on any atom is -0.490 e. The van der Waals surface area contributed by atoms with Crippen LogP contribution in [-0.2, 0) is 11.3 Å². The van der Waals surface area contributed by atoms with Crippen molar-refractivity contribution in [3.05, 3.63) is 59.9 Å². The van der Waals surface area contributed by atoms with Gasteiger partial charge in [0.15, 0.2) is 17.3 Å². The molecule has 156 valence electrons. The van der Waals surface area contributed by atoms with Crippen LogP contribution in [-0.4, -0.2) is 40.7 Å². The summed E-state index contributed by atoms with van der Waals surface area (Å²) in [6, 6.07) is 15.4. The van der Waals surface area contributed by atoms with Gasteiger partial charge in [0, 0.05) is 31.0 Å². The lowest BCUT2D eigenvalue weighted by atomic mass is 10.1. The van der Waals surface area contributed by atoms with Crippen molar-refractivity contribution in [2.24, 2.45) is 0 Å². The van der Waals surface area contributed by atoms with Gasteiger partial charge in [0.2, 0.25) is 5.91 Å². The Labute approximate surface area is 175 Å². The van der Waals surface area contributed by atoms with E-state index in [1.165, 1.54) is 0 Å². The average Bonchev–Trinajstić information content (AvgIpc) is 3.38. The van der Waals surface area contributed by atoms with E-state index < -0.39 is 0 Å². The monoisotopic (exact) mass is 407 g/mol. The Hall–Kier alpha value is -3.35. The average molecular weight is 407 g/mol. The van der Waals surface area contributed by atoms with Crippen molar-refractivity contribution in [1.82, 2.24) is 15.0 Å². The Morgan fingerprint density at radius 1 is 1.07 bits per heavy atom. The van der Waals surface area contributed by atoms with Gasteiger partial charge in [-0.2, -0.15) is 4.98 Å². The van der Waals surface area contributed by atoms with Gasteiger partial charge in [0.1, 0.15) is 0 Å². The Morgan fingerprint density at radius 3 is 2.60 bits per heavy atom. The molecule has 1 aliphatic heterocycles. The molecular weight excluding hydrogens is 382 g/mol. The predicted molar refractivity (Wildman–Crippen MR) is 111 cm³/mol. The number of nitrogens with zero attached hydrogens (tertiary/aromatic N) is 3. The van der Waals surface area contributed by atoms with Gasteiger partial charge in [-0.15, -0.1) is 0 Å². The highest BCUT2D eigenvalue weighted by Crippen LogP contribution is 2.32. The predicted octanol–water partition coefficient (Wildman–Crippen LogP) is 4.05. The minimum absolute atomic E-state index is 0.0761. The van der Waals surface area contributed by atoms with E-state index in [1.807, 2.05) is 67.3 Å². The van der Waals surface area contributed by atoms with Gasteiger partial charge in [0.25, 0.3) is 5.89 Å². The van der Waals surface area contributed by atoms with Gasteiger partial charge in [-0.05, 0) is 43.7 Å². The molecule has 2 heterocycles. The Kier molecular flexibility index (Phi) is 5.97. The molecule has 1 aliphatic rings. The van der Waals surface area contributed by atoms with Crippen LogP contribution in [0.25, 0.3) is 11.5 Å². The summed E-state index contributed by atoms with van der Waals surface area (Å²) < 4.78 is 16.7. The van der Waals surface area contributed by atoms with E-state index >= 15 is 0 Å². The number of likely N-dealkylation sites (tertiary alicyclic amines) is 1. The highest BCUT2D eigenvalue weighted by Gasteiger charge is 2.34. The summed E-state index contributed by atoms with van der Waals surface area (Å²) in [5, 5.41) is 4.12. The van der Waals surface area contributed by atoms with Crippen LogP contribution in [0.4, 0.5) is 0 Å². The van der Waals surface area contributed by atoms with Crippen LogP contribution in [0, 0.1) is 0 Å². The van der Waals surface area contributed by atoms with Crippen LogP contribution < -0.4 is 9.47 Å². The number of carbonyl (C=O) groups excluding carboxylic acids is 1. The number of hydrogen-bond donors (Lipinski definition) is 0. The third-order valence-electron chi connectivity index (χ3n) is 5.02. The second-order valence-corrected chi connectivity index (χ2v) is 7.15. The van der Waals surface area contributed by atoms with Crippen LogP contribution >= 0.6 is 0 Å². The summed E-state index contributed by atoms with van der Waals surface area (Å²) in [5.41, 5.74) is 1.87. The van der Waals surface area contributed by atoms with Gasteiger partial charge in [-0.1, -0.05) is 29.4 Å². The first-order valence-corrected chi connectivity index (χ1v) is 10.2. The SMILES string of the molecule is CCOc1ccc(CN2CC(c3noc(-c4ccccc4)n3)CC2=O)cc1OCC. The number of rotatable bonds is 8. The lowest BCUT2D eigenvalue weighted by Gasteiger charge is -2.18. The lowest BCUT2D eigenvalue weighted by molar-refractivity contribution is -0.128. The molecule has 7 nitrogen and oxygen atoms in total. The zero-order valence-electron chi connectivity index (χ0n) is 17.2. The lowest BCUT2D eigenvalue weighted by Crippen LogP contribution is -2.24. The van der Waals surface area contributed by atoms with Crippen molar-refractivity contribution < 1.29 is 18.8 Å². The first-order chi connectivity index (χ1) is 14.7.